The number of carbonyl (C=O) groups is 6. The largest absolute Gasteiger partial charge is 0.480 e. The molecule has 5 amide bonds. The Labute approximate surface area is 299 Å². The number of carbonyl (C=O) groups excluding carboxylic acids is 5. The molecule has 0 unspecified atom stereocenters. The fourth-order valence-electron chi connectivity index (χ4n) is 5.45. The fraction of sp³-hybridized carbons (Fsp3) is 0.781. The van der Waals surface area contributed by atoms with E-state index >= 15 is 0 Å². The van der Waals surface area contributed by atoms with Gasteiger partial charge in [-0.25, -0.2) is 4.79 Å². The van der Waals surface area contributed by atoms with Gasteiger partial charge in [-0.15, -0.1) is 0 Å². The van der Waals surface area contributed by atoms with Crippen LogP contribution in [0.4, 0.5) is 0 Å². The second-order valence-corrected chi connectivity index (χ2v) is 13.1. The number of nitrogens with zero attached hydrogens (tertiary/aromatic N) is 1. The van der Waals surface area contributed by atoms with Crippen molar-refractivity contribution in [2.45, 2.75) is 121 Å². The molecule has 0 aromatic carbocycles. The minimum absolute atomic E-state index is 0.0147. The number of nitrogens with one attached hydrogen (secondary N) is 6. The molecule has 0 aliphatic carbocycles. The van der Waals surface area contributed by atoms with E-state index in [1.54, 1.807) is 0 Å². The quantitative estimate of drug-likeness (QED) is 0.0235. The van der Waals surface area contributed by atoms with Crippen molar-refractivity contribution in [3.8, 4) is 0 Å². The van der Waals surface area contributed by atoms with Gasteiger partial charge in [0, 0.05) is 6.54 Å². The summed E-state index contributed by atoms with van der Waals surface area (Å²) in [5, 5.41) is 35.7. The van der Waals surface area contributed by atoms with Gasteiger partial charge in [-0.05, 0) is 96.2 Å². The fourth-order valence-corrected chi connectivity index (χ4v) is 5.45. The van der Waals surface area contributed by atoms with Gasteiger partial charge in [0.15, 0.2) is 5.96 Å². The number of hydrogen-bond donors (Lipinski definition) is 12. The molecule has 1 fully saturated rings. The van der Waals surface area contributed by atoms with E-state index in [1.807, 2.05) is 13.8 Å². The first-order valence-corrected chi connectivity index (χ1v) is 17.8. The van der Waals surface area contributed by atoms with Crippen molar-refractivity contribution >= 4 is 41.5 Å². The lowest BCUT2D eigenvalue weighted by atomic mass is 10.0. The Morgan fingerprint density at radius 2 is 1.22 bits per heavy atom. The standard InChI is InChI=1S/C32H61N11O8/c1-19(2)17-24(42-26(45)20-11-7-15-37-20)29(48)39-22(12-8-16-38-32(35)36)28(47)43-25(18-44)30(49)40-21(9-3-5-13-33)27(46)41-23(31(50)51)10-4-6-14-34/h19-25,37,44H,3-18,33-34H2,1-2H3,(H,39,48)(H,40,49)(H,41,46)(H,42,45)(H,43,47)(H,50,51)(H4,35,36,38)/t20-,21-,22-,23-,24-,25-/m0/s1. The normalized spacial score (nSPS) is 16.9. The maximum Gasteiger partial charge on any atom is 0.326 e. The molecule has 6 atom stereocenters. The molecule has 1 aliphatic heterocycles. The lowest BCUT2D eigenvalue weighted by Crippen LogP contribution is -2.60. The van der Waals surface area contributed by atoms with Gasteiger partial charge in [0.05, 0.1) is 12.6 Å². The number of carboxylic acid groups (broad SMARTS) is 1. The summed E-state index contributed by atoms with van der Waals surface area (Å²) in [7, 11) is 0. The molecule has 51 heavy (non-hydrogen) atoms. The van der Waals surface area contributed by atoms with E-state index in [-0.39, 0.29) is 56.4 Å². The molecule has 0 saturated carbocycles. The summed E-state index contributed by atoms with van der Waals surface area (Å²) in [6.07, 6.45) is 4.24. The molecular weight excluding hydrogens is 666 g/mol. The highest BCUT2D eigenvalue weighted by molar-refractivity contribution is 5.96. The third-order valence-corrected chi connectivity index (χ3v) is 8.25. The predicted molar refractivity (Wildman–Crippen MR) is 191 cm³/mol. The predicted octanol–water partition coefficient (Wildman–Crippen LogP) is -3.40. The van der Waals surface area contributed by atoms with Crippen molar-refractivity contribution in [1.82, 2.24) is 31.9 Å². The minimum Gasteiger partial charge on any atom is -0.480 e. The van der Waals surface area contributed by atoms with Crippen LogP contribution in [-0.4, -0.2) is 121 Å². The van der Waals surface area contributed by atoms with Gasteiger partial charge in [-0.1, -0.05) is 13.8 Å². The second kappa shape index (κ2) is 25.0. The summed E-state index contributed by atoms with van der Waals surface area (Å²) in [4.78, 5) is 82.1. The summed E-state index contributed by atoms with van der Waals surface area (Å²) >= 11 is 0. The number of guanidine groups is 1. The molecule has 0 spiro atoms. The number of aliphatic hydroxyl groups is 1. The maximum absolute atomic E-state index is 13.6. The Morgan fingerprint density at radius 3 is 1.69 bits per heavy atom. The smallest absolute Gasteiger partial charge is 0.326 e. The minimum atomic E-state index is -1.54. The van der Waals surface area contributed by atoms with Crippen molar-refractivity contribution in [3.63, 3.8) is 0 Å². The molecule has 0 radical (unpaired) electrons. The van der Waals surface area contributed by atoms with E-state index in [4.69, 9.17) is 22.9 Å². The first-order chi connectivity index (χ1) is 24.2. The lowest BCUT2D eigenvalue weighted by Gasteiger charge is -2.27. The van der Waals surface area contributed by atoms with Crippen LogP contribution >= 0.6 is 0 Å². The summed E-state index contributed by atoms with van der Waals surface area (Å²) in [5.41, 5.74) is 21.9. The molecule has 0 aromatic heterocycles. The highest BCUT2D eigenvalue weighted by Crippen LogP contribution is 2.11. The molecule has 19 nitrogen and oxygen atoms in total. The number of carboxylic acids is 1. The number of amides is 5. The van der Waals surface area contributed by atoms with Gasteiger partial charge in [0.1, 0.15) is 30.2 Å². The van der Waals surface area contributed by atoms with Crippen LogP contribution in [0.3, 0.4) is 0 Å². The van der Waals surface area contributed by atoms with E-state index in [0.29, 0.717) is 51.7 Å². The van der Waals surface area contributed by atoms with Crippen LogP contribution in [0.15, 0.2) is 4.99 Å². The number of aliphatic hydroxyl groups excluding tert-OH is 1. The maximum atomic E-state index is 13.6. The summed E-state index contributed by atoms with van der Waals surface area (Å²) in [6.45, 7) is 4.42. The zero-order valence-electron chi connectivity index (χ0n) is 30.0. The van der Waals surface area contributed by atoms with Crippen LogP contribution < -0.4 is 54.8 Å². The van der Waals surface area contributed by atoms with Crippen molar-refractivity contribution < 1.29 is 39.0 Å². The van der Waals surface area contributed by atoms with Crippen LogP contribution in [-0.2, 0) is 28.8 Å². The Morgan fingerprint density at radius 1 is 0.725 bits per heavy atom. The molecule has 0 bridgehead atoms. The molecule has 1 heterocycles. The molecule has 16 N–H and O–H groups in total. The zero-order valence-corrected chi connectivity index (χ0v) is 30.0. The van der Waals surface area contributed by atoms with Crippen LogP contribution in [0.5, 0.6) is 0 Å². The van der Waals surface area contributed by atoms with Crippen molar-refractivity contribution in [2.24, 2.45) is 33.8 Å². The Bertz CT molecular complexity index is 1150. The topological polar surface area (TPSA) is 331 Å². The molecule has 0 aromatic rings. The molecular formula is C32H61N11O8. The highest BCUT2D eigenvalue weighted by atomic mass is 16.4. The van der Waals surface area contributed by atoms with Gasteiger partial charge < -0.3 is 65.0 Å². The van der Waals surface area contributed by atoms with Crippen molar-refractivity contribution in [3.05, 3.63) is 0 Å². The Hall–Kier alpha value is -4.07. The lowest BCUT2D eigenvalue weighted by molar-refractivity contribution is -0.142. The van der Waals surface area contributed by atoms with Crippen molar-refractivity contribution in [2.75, 3.05) is 32.8 Å². The van der Waals surface area contributed by atoms with Crippen LogP contribution in [0, 0.1) is 5.92 Å². The Balaban J connectivity index is 3.14. The molecule has 1 saturated heterocycles. The highest BCUT2D eigenvalue weighted by Gasteiger charge is 2.33. The first kappa shape index (κ1) is 45.0. The third-order valence-electron chi connectivity index (χ3n) is 8.25. The zero-order chi connectivity index (χ0) is 38.3. The van der Waals surface area contributed by atoms with Gasteiger partial charge >= 0.3 is 5.97 Å². The van der Waals surface area contributed by atoms with E-state index in [9.17, 15) is 39.0 Å². The van der Waals surface area contributed by atoms with E-state index in [1.165, 1.54) is 0 Å². The van der Waals surface area contributed by atoms with Gasteiger partial charge in [0.25, 0.3) is 0 Å². The summed E-state index contributed by atoms with van der Waals surface area (Å²) < 4.78 is 0. The molecule has 1 rings (SSSR count). The van der Waals surface area contributed by atoms with Crippen LogP contribution in [0.2, 0.25) is 0 Å². The van der Waals surface area contributed by atoms with Crippen LogP contribution in [0.1, 0.15) is 84.5 Å². The number of aliphatic carboxylic acids is 1. The second-order valence-electron chi connectivity index (χ2n) is 13.1. The molecule has 1 aliphatic rings. The number of nitrogens with two attached hydrogens (primary N) is 4. The molecule has 292 valence electrons. The number of hydrogen-bond acceptors (Lipinski definition) is 11. The van der Waals surface area contributed by atoms with Crippen LogP contribution in [0.25, 0.3) is 0 Å². The van der Waals surface area contributed by atoms with Gasteiger partial charge in [0.2, 0.25) is 29.5 Å². The number of aliphatic imine (C=N–C) groups is 1. The summed E-state index contributed by atoms with van der Waals surface area (Å²) in [6, 6.07) is -6.56. The SMILES string of the molecule is CC(C)C[C@H](NC(=O)[C@@H]1CCCN1)C(=O)N[C@@H](CCCN=C(N)N)C(=O)N[C@@H](CO)C(=O)N[C@@H](CCCCN)C(=O)N[C@@H](CCCCN)C(=O)O. The molecule has 19 heteroatoms. The summed E-state index contributed by atoms with van der Waals surface area (Å²) in [5.74, 6) is -4.80. The number of unbranched alkanes of at least 4 members (excludes halogenated alkanes) is 2. The third kappa shape index (κ3) is 18.1. The van der Waals surface area contributed by atoms with Gasteiger partial charge in [-0.2, -0.15) is 0 Å². The van der Waals surface area contributed by atoms with Gasteiger partial charge in [-0.3, -0.25) is 29.0 Å². The van der Waals surface area contributed by atoms with E-state index < -0.39 is 72.5 Å². The van der Waals surface area contributed by atoms with E-state index in [0.717, 1.165) is 6.42 Å². The average molecular weight is 728 g/mol. The average Bonchev–Trinajstić information content (AvgIpc) is 3.62. The van der Waals surface area contributed by atoms with E-state index in [2.05, 4.69) is 36.9 Å². The monoisotopic (exact) mass is 727 g/mol. The Kier molecular flexibility index (Phi) is 22.0. The van der Waals surface area contributed by atoms with Crippen molar-refractivity contribution in [1.29, 1.82) is 0 Å². The number of rotatable bonds is 26. The first-order valence-electron chi connectivity index (χ1n) is 17.8.